The highest BCUT2D eigenvalue weighted by atomic mass is 79.9. The highest BCUT2D eigenvalue weighted by Gasteiger charge is 2.21. The summed E-state index contributed by atoms with van der Waals surface area (Å²) in [6, 6.07) is 0. The smallest absolute Gasteiger partial charge is 0.0251 e. The van der Waals surface area contributed by atoms with Gasteiger partial charge in [0.15, 0.2) is 0 Å². The van der Waals surface area contributed by atoms with Crippen molar-refractivity contribution in [3.63, 3.8) is 0 Å². The van der Waals surface area contributed by atoms with Gasteiger partial charge in [0.05, 0.1) is 0 Å². The van der Waals surface area contributed by atoms with Crippen molar-refractivity contribution >= 4 is 15.9 Å². The van der Waals surface area contributed by atoms with E-state index >= 15 is 0 Å². The van der Waals surface area contributed by atoms with E-state index in [1.807, 2.05) is 0 Å². The quantitative estimate of drug-likeness (QED) is 0.767. The van der Waals surface area contributed by atoms with Gasteiger partial charge in [-0.25, -0.2) is 0 Å². The number of hydrogen-bond donors (Lipinski definition) is 1. The van der Waals surface area contributed by atoms with Crippen LogP contribution in [0.5, 0.6) is 0 Å². The van der Waals surface area contributed by atoms with Gasteiger partial charge >= 0.3 is 0 Å². The lowest BCUT2D eigenvalue weighted by Gasteiger charge is -2.25. The molecular weight excluding hydrogens is 226 g/mol. The predicted molar refractivity (Wildman–Crippen MR) is 63.6 cm³/mol. The molecule has 76 valence electrons. The van der Waals surface area contributed by atoms with Crippen molar-refractivity contribution in [2.24, 2.45) is 5.41 Å². The average Bonchev–Trinajstić information content (AvgIpc) is 2.13. The Labute approximate surface area is 90.4 Å². The number of rotatable bonds is 5. The molecule has 13 heavy (non-hydrogen) atoms. The molecule has 0 fully saturated rings. The lowest BCUT2D eigenvalue weighted by atomic mass is 9.88. The first-order valence-corrected chi connectivity index (χ1v) is 5.55. The molecule has 0 aliphatic heterocycles. The van der Waals surface area contributed by atoms with Crippen LogP contribution in [0.3, 0.4) is 0 Å². The molecule has 0 spiro atoms. The van der Waals surface area contributed by atoms with Crippen LogP contribution in [0.25, 0.3) is 0 Å². The summed E-state index contributed by atoms with van der Waals surface area (Å²) in [7, 11) is 0. The first kappa shape index (κ1) is 12.8. The van der Waals surface area contributed by atoms with Crippen molar-refractivity contribution in [3.8, 4) is 0 Å². The number of allylic oxidation sites excluding steroid dienone is 2. The summed E-state index contributed by atoms with van der Waals surface area (Å²) >= 11 is 3.66. The first-order chi connectivity index (χ1) is 5.99. The summed E-state index contributed by atoms with van der Waals surface area (Å²) in [5.74, 6) is 0. The van der Waals surface area contributed by atoms with Gasteiger partial charge in [-0.2, -0.15) is 0 Å². The number of nitrogens with one attached hydrogen (secondary N) is 1. The molecule has 0 radical (unpaired) electrons. The van der Waals surface area contributed by atoms with E-state index in [1.54, 1.807) is 6.20 Å². The van der Waals surface area contributed by atoms with Gasteiger partial charge in [-0.1, -0.05) is 50.2 Å². The molecule has 0 saturated heterocycles. The average molecular weight is 246 g/mol. The molecule has 0 aromatic heterocycles. The molecule has 1 N–H and O–H groups in total. The fourth-order valence-electron chi connectivity index (χ4n) is 1.01. The third kappa shape index (κ3) is 3.55. The summed E-state index contributed by atoms with van der Waals surface area (Å²) in [5, 5.41) is 3.17. The Kier molecular flexibility index (Phi) is 5.38. The maximum Gasteiger partial charge on any atom is 0.0251 e. The predicted octanol–water partition coefficient (Wildman–Crippen LogP) is 4.17. The van der Waals surface area contributed by atoms with Crippen LogP contribution in [-0.4, -0.2) is 0 Å². The van der Waals surface area contributed by atoms with Gasteiger partial charge in [0, 0.05) is 10.2 Å². The van der Waals surface area contributed by atoms with Crippen molar-refractivity contribution in [2.75, 3.05) is 0 Å². The van der Waals surface area contributed by atoms with Crippen molar-refractivity contribution in [2.45, 2.75) is 40.5 Å². The SMILES string of the molecule is C=CN/C(CC)=C(\Br)C(C)(C)CC. The summed E-state index contributed by atoms with van der Waals surface area (Å²) in [4.78, 5) is 0. The molecular formula is C11H20BrN. The van der Waals surface area contributed by atoms with E-state index in [9.17, 15) is 0 Å². The van der Waals surface area contributed by atoms with E-state index in [0.717, 1.165) is 12.8 Å². The van der Waals surface area contributed by atoms with Gasteiger partial charge in [-0.15, -0.1) is 0 Å². The monoisotopic (exact) mass is 245 g/mol. The Bertz CT molecular complexity index is 204. The minimum Gasteiger partial charge on any atom is -0.365 e. The molecule has 0 aliphatic rings. The van der Waals surface area contributed by atoms with Gasteiger partial charge in [0.25, 0.3) is 0 Å². The first-order valence-electron chi connectivity index (χ1n) is 4.76. The molecule has 0 bridgehead atoms. The van der Waals surface area contributed by atoms with E-state index in [2.05, 4.69) is 55.5 Å². The number of halogens is 1. The van der Waals surface area contributed by atoms with Crippen LogP contribution in [0.1, 0.15) is 40.5 Å². The molecule has 1 nitrogen and oxygen atoms in total. The molecule has 0 aromatic rings. The van der Waals surface area contributed by atoms with Gasteiger partial charge in [0.2, 0.25) is 0 Å². The molecule has 0 aromatic carbocycles. The third-order valence-corrected chi connectivity index (χ3v) is 3.92. The zero-order chi connectivity index (χ0) is 10.5. The van der Waals surface area contributed by atoms with Gasteiger partial charge < -0.3 is 5.32 Å². The van der Waals surface area contributed by atoms with Crippen molar-refractivity contribution in [1.82, 2.24) is 5.32 Å². The van der Waals surface area contributed by atoms with Crippen molar-refractivity contribution < 1.29 is 0 Å². The fraction of sp³-hybridized carbons (Fsp3) is 0.636. The molecule has 0 heterocycles. The lowest BCUT2D eigenvalue weighted by Crippen LogP contribution is -2.16. The second-order valence-electron chi connectivity index (χ2n) is 3.73. The van der Waals surface area contributed by atoms with Crippen LogP contribution in [0.15, 0.2) is 23.0 Å². The van der Waals surface area contributed by atoms with E-state index < -0.39 is 0 Å². The molecule has 0 amide bonds. The molecule has 0 aliphatic carbocycles. The zero-order valence-corrected chi connectivity index (χ0v) is 10.7. The molecule has 0 atom stereocenters. The van der Waals surface area contributed by atoms with Crippen LogP contribution in [-0.2, 0) is 0 Å². The second-order valence-corrected chi connectivity index (χ2v) is 4.52. The standard InChI is InChI=1S/C11H20BrN/c1-6-9(13-8-3)10(12)11(4,5)7-2/h8,13H,3,6-7H2,1-2,4-5H3/b10-9-. The lowest BCUT2D eigenvalue weighted by molar-refractivity contribution is 0.448. The summed E-state index contributed by atoms with van der Waals surface area (Å²) < 4.78 is 1.25. The maximum atomic E-state index is 3.67. The highest BCUT2D eigenvalue weighted by molar-refractivity contribution is 9.11. The molecule has 0 unspecified atom stereocenters. The van der Waals surface area contributed by atoms with Gasteiger partial charge in [-0.05, 0) is 24.5 Å². The summed E-state index contributed by atoms with van der Waals surface area (Å²) in [5.41, 5.74) is 1.43. The van der Waals surface area contributed by atoms with E-state index in [-0.39, 0.29) is 5.41 Å². The van der Waals surface area contributed by atoms with Crippen molar-refractivity contribution in [3.05, 3.63) is 23.0 Å². The Hall–Kier alpha value is -0.240. The van der Waals surface area contributed by atoms with E-state index in [4.69, 9.17) is 0 Å². The Morgan fingerprint density at radius 3 is 2.31 bits per heavy atom. The molecule has 2 heteroatoms. The highest BCUT2D eigenvalue weighted by Crippen LogP contribution is 2.36. The van der Waals surface area contributed by atoms with Crippen LogP contribution < -0.4 is 5.32 Å². The van der Waals surface area contributed by atoms with Crippen LogP contribution in [0.4, 0.5) is 0 Å². The van der Waals surface area contributed by atoms with E-state index in [0.29, 0.717) is 0 Å². The Morgan fingerprint density at radius 2 is 2.00 bits per heavy atom. The summed E-state index contributed by atoms with van der Waals surface area (Å²) in [6.07, 6.45) is 3.85. The zero-order valence-electron chi connectivity index (χ0n) is 9.08. The minimum absolute atomic E-state index is 0.210. The van der Waals surface area contributed by atoms with Crippen LogP contribution >= 0.6 is 15.9 Å². The fourth-order valence-corrected chi connectivity index (χ4v) is 1.68. The largest absolute Gasteiger partial charge is 0.365 e. The maximum absolute atomic E-state index is 3.67. The van der Waals surface area contributed by atoms with Crippen LogP contribution in [0, 0.1) is 5.41 Å². The third-order valence-electron chi connectivity index (χ3n) is 2.37. The summed E-state index contributed by atoms with van der Waals surface area (Å²) in [6.45, 7) is 12.5. The Balaban J connectivity index is 4.82. The normalized spacial score (nSPS) is 13.6. The minimum atomic E-state index is 0.210. The van der Waals surface area contributed by atoms with Gasteiger partial charge in [-0.3, -0.25) is 0 Å². The van der Waals surface area contributed by atoms with E-state index in [1.165, 1.54) is 10.2 Å². The van der Waals surface area contributed by atoms with Crippen molar-refractivity contribution in [1.29, 1.82) is 0 Å². The number of hydrogen-bond acceptors (Lipinski definition) is 1. The van der Waals surface area contributed by atoms with Gasteiger partial charge in [0.1, 0.15) is 0 Å². The topological polar surface area (TPSA) is 12.0 Å². The molecule has 0 saturated carbocycles. The molecule has 0 rings (SSSR count). The Morgan fingerprint density at radius 1 is 1.46 bits per heavy atom. The van der Waals surface area contributed by atoms with Crippen LogP contribution in [0.2, 0.25) is 0 Å². The second kappa shape index (κ2) is 5.48.